The van der Waals surface area contributed by atoms with Gasteiger partial charge in [-0.1, -0.05) is 29.5 Å². The second kappa shape index (κ2) is 8.76. The van der Waals surface area contributed by atoms with E-state index in [-0.39, 0.29) is 16.3 Å². The lowest BCUT2D eigenvalue weighted by Crippen LogP contribution is -2.16. The standard InChI is InChI=1S/C23H19N7O3S/c24-11-14-17(16-10-13-4-1-2-5-15(13)32-16)18-19(25)22(33-23(26)31)34-21(18)29-20(14)28-6-3-8-30-9-7-27-12-30/h1-2,4-5,7,9-10,12H,3,6,8,25H2,(H2,26,31)(H,28,29). The molecule has 5 N–H and O–H groups in total. The molecular formula is C23H19N7O3S. The molecule has 4 heterocycles. The van der Waals surface area contributed by atoms with Crippen LogP contribution in [-0.2, 0) is 6.54 Å². The number of thiophene rings is 1. The van der Waals surface area contributed by atoms with Crippen molar-refractivity contribution in [1.82, 2.24) is 14.5 Å². The van der Waals surface area contributed by atoms with Gasteiger partial charge in [0, 0.05) is 30.9 Å². The third-order valence-corrected chi connectivity index (χ3v) is 6.24. The van der Waals surface area contributed by atoms with Crippen LogP contribution in [0, 0.1) is 11.3 Å². The number of anilines is 2. The molecule has 5 aromatic rings. The lowest BCUT2D eigenvalue weighted by molar-refractivity contribution is 0.212. The number of primary amides is 1. The Kier molecular flexibility index (Phi) is 5.49. The van der Waals surface area contributed by atoms with E-state index in [1.807, 2.05) is 41.1 Å². The maximum Gasteiger partial charge on any atom is 0.410 e. The first-order chi connectivity index (χ1) is 16.5. The van der Waals surface area contributed by atoms with E-state index in [4.69, 9.17) is 20.6 Å². The Bertz CT molecular complexity index is 1510. The van der Waals surface area contributed by atoms with Crippen molar-refractivity contribution in [3.8, 4) is 22.5 Å². The van der Waals surface area contributed by atoms with Gasteiger partial charge in [-0.2, -0.15) is 5.26 Å². The van der Waals surface area contributed by atoms with Crippen molar-refractivity contribution in [3.05, 3.63) is 54.6 Å². The summed E-state index contributed by atoms with van der Waals surface area (Å²) in [6, 6.07) is 11.6. The first kappa shape index (κ1) is 21.3. The van der Waals surface area contributed by atoms with Gasteiger partial charge < -0.3 is 30.5 Å². The minimum Gasteiger partial charge on any atom is -0.456 e. The van der Waals surface area contributed by atoms with Crippen molar-refractivity contribution in [2.24, 2.45) is 5.73 Å². The van der Waals surface area contributed by atoms with Crippen LogP contribution >= 0.6 is 11.3 Å². The number of aromatic nitrogens is 3. The number of benzene rings is 1. The third-order valence-electron chi connectivity index (χ3n) is 5.26. The van der Waals surface area contributed by atoms with Crippen molar-refractivity contribution in [2.45, 2.75) is 13.0 Å². The zero-order chi connectivity index (χ0) is 23.7. The Morgan fingerprint density at radius 1 is 1.35 bits per heavy atom. The number of aryl methyl sites for hydroxylation is 1. The maximum absolute atomic E-state index is 11.4. The smallest absolute Gasteiger partial charge is 0.410 e. The van der Waals surface area contributed by atoms with Crippen LogP contribution in [-0.4, -0.2) is 27.2 Å². The molecule has 170 valence electrons. The van der Waals surface area contributed by atoms with Gasteiger partial charge >= 0.3 is 6.09 Å². The predicted octanol–water partition coefficient (Wildman–Crippen LogP) is 4.32. The summed E-state index contributed by atoms with van der Waals surface area (Å²) in [5, 5.41) is 14.8. The van der Waals surface area contributed by atoms with Gasteiger partial charge in [0.25, 0.3) is 0 Å². The van der Waals surface area contributed by atoms with Crippen LogP contribution in [0.3, 0.4) is 0 Å². The fourth-order valence-electron chi connectivity index (χ4n) is 3.78. The Morgan fingerprint density at radius 2 is 2.21 bits per heavy atom. The van der Waals surface area contributed by atoms with Crippen molar-refractivity contribution in [2.75, 3.05) is 17.6 Å². The van der Waals surface area contributed by atoms with Crippen LogP contribution in [0.15, 0.2) is 53.5 Å². The average molecular weight is 474 g/mol. The number of rotatable bonds is 7. The number of furan rings is 1. The molecule has 0 aliphatic rings. The molecule has 1 aromatic carbocycles. The molecule has 11 heteroatoms. The molecule has 0 saturated carbocycles. The minimum absolute atomic E-state index is 0.119. The molecule has 5 rings (SSSR count). The van der Waals surface area contributed by atoms with E-state index >= 15 is 0 Å². The van der Waals surface area contributed by atoms with Crippen LogP contribution < -0.4 is 21.5 Å². The number of hydrogen-bond acceptors (Lipinski definition) is 9. The zero-order valence-corrected chi connectivity index (χ0v) is 18.6. The summed E-state index contributed by atoms with van der Waals surface area (Å²) in [6.45, 7) is 1.33. The molecule has 0 spiro atoms. The van der Waals surface area contributed by atoms with Gasteiger partial charge in [-0.25, -0.2) is 14.8 Å². The van der Waals surface area contributed by atoms with E-state index in [2.05, 4.69) is 21.4 Å². The van der Waals surface area contributed by atoms with Crippen molar-refractivity contribution in [3.63, 3.8) is 0 Å². The number of imidazole rings is 1. The minimum atomic E-state index is -0.984. The Labute approximate surface area is 197 Å². The quantitative estimate of drug-likeness (QED) is 0.295. The van der Waals surface area contributed by atoms with Gasteiger partial charge in [0.2, 0.25) is 5.06 Å². The Morgan fingerprint density at radius 3 is 2.94 bits per heavy atom. The van der Waals surface area contributed by atoms with Crippen LogP contribution in [0.4, 0.5) is 16.3 Å². The highest BCUT2D eigenvalue weighted by molar-refractivity contribution is 7.21. The summed E-state index contributed by atoms with van der Waals surface area (Å²) < 4.78 is 13.1. The van der Waals surface area contributed by atoms with Gasteiger partial charge in [-0.05, 0) is 18.6 Å². The van der Waals surface area contributed by atoms with Crippen LogP contribution in [0.5, 0.6) is 5.06 Å². The third kappa shape index (κ3) is 3.87. The van der Waals surface area contributed by atoms with E-state index in [1.165, 1.54) is 0 Å². The lowest BCUT2D eigenvalue weighted by atomic mass is 10.0. The number of nitriles is 1. The number of carbonyl (C=O) groups is 1. The number of nitrogens with zero attached hydrogens (tertiary/aromatic N) is 4. The van der Waals surface area contributed by atoms with E-state index in [0.717, 1.165) is 29.7 Å². The SMILES string of the molecule is N#Cc1c(NCCCn2ccnc2)nc2sc(OC(N)=O)c(N)c2c1-c1cc2ccccc2o1. The number of ether oxygens (including phenoxy) is 1. The van der Waals surface area contributed by atoms with Gasteiger partial charge in [0.15, 0.2) is 0 Å². The molecule has 0 radical (unpaired) electrons. The summed E-state index contributed by atoms with van der Waals surface area (Å²) >= 11 is 1.08. The average Bonchev–Trinajstić information content (AvgIpc) is 3.55. The number of amides is 1. The number of nitrogens with two attached hydrogens (primary N) is 2. The topological polar surface area (TPSA) is 158 Å². The summed E-state index contributed by atoms with van der Waals surface area (Å²) in [7, 11) is 0. The molecule has 4 aromatic heterocycles. The molecular weight excluding hydrogens is 454 g/mol. The molecule has 0 atom stereocenters. The monoisotopic (exact) mass is 473 g/mol. The Hall–Kier alpha value is -4.56. The van der Waals surface area contributed by atoms with Crippen LogP contribution in [0.1, 0.15) is 12.0 Å². The van der Waals surface area contributed by atoms with E-state index < -0.39 is 6.09 Å². The largest absolute Gasteiger partial charge is 0.456 e. The number of para-hydroxylation sites is 1. The normalized spacial score (nSPS) is 11.0. The molecule has 0 aliphatic heterocycles. The molecule has 0 fully saturated rings. The fourth-order valence-corrected chi connectivity index (χ4v) is 4.74. The highest BCUT2D eigenvalue weighted by Gasteiger charge is 2.25. The van der Waals surface area contributed by atoms with E-state index in [0.29, 0.717) is 39.5 Å². The van der Waals surface area contributed by atoms with Gasteiger partial charge in [0.05, 0.1) is 23.0 Å². The Balaban J connectivity index is 1.62. The van der Waals surface area contributed by atoms with E-state index in [9.17, 15) is 10.1 Å². The zero-order valence-electron chi connectivity index (χ0n) is 17.8. The number of fused-ring (bicyclic) bond motifs is 2. The summed E-state index contributed by atoms with van der Waals surface area (Å²) in [5.41, 5.74) is 13.1. The first-order valence-electron chi connectivity index (χ1n) is 10.4. The van der Waals surface area contributed by atoms with Gasteiger partial charge in [-0.15, -0.1) is 0 Å². The fraction of sp³-hybridized carbons (Fsp3) is 0.130. The van der Waals surface area contributed by atoms with Gasteiger partial charge in [-0.3, -0.25) is 0 Å². The molecule has 10 nitrogen and oxygen atoms in total. The van der Waals surface area contributed by atoms with Crippen LogP contribution in [0.2, 0.25) is 0 Å². The number of hydrogen-bond donors (Lipinski definition) is 3. The van der Waals surface area contributed by atoms with E-state index in [1.54, 1.807) is 12.5 Å². The molecule has 0 saturated heterocycles. The van der Waals surface area contributed by atoms with Crippen molar-refractivity contribution in [1.29, 1.82) is 5.26 Å². The first-order valence-corrected chi connectivity index (χ1v) is 11.2. The van der Waals surface area contributed by atoms with Gasteiger partial charge in [0.1, 0.15) is 33.6 Å². The molecule has 1 amide bonds. The summed E-state index contributed by atoms with van der Waals surface area (Å²) in [5.74, 6) is 0.852. The highest BCUT2D eigenvalue weighted by Crippen LogP contribution is 2.47. The lowest BCUT2D eigenvalue weighted by Gasteiger charge is -2.12. The molecule has 34 heavy (non-hydrogen) atoms. The highest BCUT2D eigenvalue weighted by atomic mass is 32.1. The number of nitrogen functional groups attached to an aromatic ring is 1. The number of nitrogens with one attached hydrogen (secondary N) is 1. The molecule has 0 unspecified atom stereocenters. The second-order valence-electron chi connectivity index (χ2n) is 7.46. The van der Waals surface area contributed by atoms with Crippen molar-refractivity contribution < 1.29 is 13.9 Å². The number of pyridine rings is 1. The molecule has 0 aliphatic carbocycles. The summed E-state index contributed by atoms with van der Waals surface area (Å²) in [4.78, 5) is 20.5. The summed E-state index contributed by atoms with van der Waals surface area (Å²) in [6.07, 6.45) is 5.16. The van der Waals surface area contributed by atoms with Crippen LogP contribution in [0.25, 0.3) is 32.5 Å². The molecule has 0 bridgehead atoms. The van der Waals surface area contributed by atoms with Crippen molar-refractivity contribution >= 4 is 50.1 Å². The number of carbonyl (C=O) groups excluding carboxylic acids is 1. The maximum atomic E-state index is 11.4. The second-order valence-corrected chi connectivity index (χ2v) is 8.42. The predicted molar refractivity (Wildman–Crippen MR) is 130 cm³/mol.